The van der Waals surface area contributed by atoms with Crippen LogP contribution in [0.3, 0.4) is 0 Å². The van der Waals surface area contributed by atoms with Gasteiger partial charge in [-0.1, -0.05) is 32.1 Å². The van der Waals surface area contributed by atoms with Gasteiger partial charge in [-0.05, 0) is 37.5 Å². The van der Waals surface area contributed by atoms with E-state index in [0.717, 1.165) is 11.8 Å². The van der Waals surface area contributed by atoms with Crippen LogP contribution < -0.4 is 11.5 Å². The van der Waals surface area contributed by atoms with E-state index in [1.54, 1.807) is 0 Å². The summed E-state index contributed by atoms with van der Waals surface area (Å²) < 4.78 is 0. The van der Waals surface area contributed by atoms with E-state index in [1.807, 2.05) is 0 Å². The molecule has 0 saturated heterocycles. The molecule has 0 aromatic carbocycles. The van der Waals surface area contributed by atoms with Gasteiger partial charge in [-0.15, -0.1) is 0 Å². The van der Waals surface area contributed by atoms with E-state index in [0.29, 0.717) is 12.1 Å². The van der Waals surface area contributed by atoms with Gasteiger partial charge < -0.3 is 11.5 Å². The Morgan fingerprint density at radius 1 is 0.600 bits per heavy atom. The van der Waals surface area contributed by atoms with Crippen molar-refractivity contribution in [2.24, 2.45) is 23.3 Å². The van der Waals surface area contributed by atoms with Crippen molar-refractivity contribution in [3.8, 4) is 0 Å². The fraction of sp³-hybridized carbons (Fsp3) is 1.00. The maximum absolute atomic E-state index is 6.17. The van der Waals surface area contributed by atoms with E-state index >= 15 is 0 Å². The topological polar surface area (TPSA) is 52.0 Å². The van der Waals surface area contributed by atoms with Gasteiger partial charge >= 0.3 is 0 Å². The van der Waals surface area contributed by atoms with Crippen molar-refractivity contribution in [1.82, 2.24) is 0 Å². The lowest BCUT2D eigenvalue weighted by Crippen LogP contribution is -2.34. The summed E-state index contributed by atoms with van der Waals surface area (Å²) in [6, 6.07) is 0.895. The van der Waals surface area contributed by atoms with E-state index in [1.165, 1.54) is 57.8 Å². The molecule has 0 aliphatic heterocycles. The summed E-state index contributed by atoms with van der Waals surface area (Å²) in [6.45, 7) is 0. The third kappa shape index (κ3) is 3.18. The summed E-state index contributed by atoms with van der Waals surface area (Å²) in [5.74, 6) is 1.78. The van der Waals surface area contributed by atoms with E-state index in [9.17, 15) is 0 Å². The summed E-state index contributed by atoms with van der Waals surface area (Å²) in [7, 11) is 0. The lowest BCUT2D eigenvalue weighted by molar-refractivity contribution is 0.238. The molecule has 2 rings (SSSR count). The fourth-order valence-electron chi connectivity index (χ4n) is 3.57. The minimum atomic E-state index is 0.447. The van der Waals surface area contributed by atoms with Crippen LogP contribution in [0.5, 0.6) is 0 Å². The highest BCUT2D eigenvalue weighted by Gasteiger charge is 2.29. The van der Waals surface area contributed by atoms with Gasteiger partial charge in [0.2, 0.25) is 0 Å². The van der Waals surface area contributed by atoms with Crippen molar-refractivity contribution in [1.29, 1.82) is 0 Å². The largest absolute Gasteiger partial charge is 0.328 e. The molecule has 2 nitrogen and oxygen atoms in total. The van der Waals surface area contributed by atoms with Crippen molar-refractivity contribution >= 4 is 0 Å². The van der Waals surface area contributed by atoms with Crippen molar-refractivity contribution in [2.45, 2.75) is 69.9 Å². The summed E-state index contributed by atoms with van der Waals surface area (Å²) in [6.07, 6.45) is 11.8. The van der Waals surface area contributed by atoms with Gasteiger partial charge in [0.05, 0.1) is 0 Å². The minimum absolute atomic E-state index is 0.447. The zero-order valence-electron chi connectivity index (χ0n) is 9.83. The molecule has 2 saturated carbocycles. The van der Waals surface area contributed by atoms with Gasteiger partial charge in [0.1, 0.15) is 0 Å². The van der Waals surface area contributed by atoms with Crippen LogP contribution in [0.1, 0.15) is 57.8 Å². The van der Waals surface area contributed by atoms with Crippen LogP contribution >= 0.6 is 0 Å². The Kier molecular flexibility index (Phi) is 4.04. The third-order valence-corrected chi connectivity index (χ3v) is 4.43. The lowest BCUT2D eigenvalue weighted by Gasteiger charge is -2.31. The number of rotatable bonds is 1. The van der Waals surface area contributed by atoms with Crippen LogP contribution in [0, 0.1) is 11.8 Å². The van der Waals surface area contributed by atoms with Crippen LogP contribution in [0.25, 0.3) is 0 Å². The van der Waals surface area contributed by atoms with Gasteiger partial charge in [0.25, 0.3) is 0 Å². The maximum atomic E-state index is 6.17. The van der Waals surface area contributed by atoms with Gasteiger partial charge in [-0.25, -0.2) is 0 Å². The average molecular weight is 210 g/mol. The first-order chi connectivity index (χ1) is 7.25. The van der Waals surface area contributed by atoms with Gasteiger partial charge in [0, 0.05) is 12.1 Å². The number of hydrogen-bond donors (Lipinski definition) is 2. The van der Waals surface area contributed by atoms with Gasteiger partial charge in [-0.2, -0.15) is 0 Å². The zero-order valence-corrected chi connectivity index (χ0v) is 9.83. The first-order valence-corrected chi connectivity index (χ1v) is 6.77. The Balaban J connectivity index is 1.92. The molecular formula is C13H26N2. The quantitative estimate of drug-likeness (QED) is 0.698. The molecule has 0 radical (unpaired) electrons. The van der Waals surface area contributed by atoms with Crippen molar-refractivity contribution in [2.75, 3.05) is 0 Å². The Hall–Kier alpha value is -0.0800. The Labute approximate surface area is 93.8 Å². The molecule has 0 aromatic rings. The molecule has 2 fully saturated rings. The summed E-state index contributed by atoms with van der Waals surface area (Å²) in [4.78, 5) is 0. The first-order valence-electron chi connectivity index (χ1n) is 6.77. The van der Waals surface area contributed by atoms with E-state index in [-0.39, 0.29) is 0 Å². The summed E-state index contributed by atoms with van der Waals surface area (Å²) in [5.41, 5.74) is 12.3. The second-order valence-electron chi connectivity index (χ2n) is 5.73. The van der Waals surface area contributed by atoms with E-state index in [4.69, 9.17) is 11.5 Å². The summed E-state index contributed by atoms with van der Waals surface area (Å²) >= 11 is 0. The monoisotopic (exact) mass is 210 g/mol. The second kappa shape index (κ2) is 5.31. The second-order valence-corrected chi connectivity index (χ2v) is 5.73. The smallest absolute Gasteiger partial charge is 0.00415 e. The molecule has 0 spiro atoms. The standard InChI is InChI=1S/C13H26N2/c14-12-6-3-7-13(15)9-11(8-12)10-4-1-2-5-10/h10-13H,1-9,14-15H2. The SMILES string of the molecule is NC1CCCC(N)CC(C2CCCC2)C1. The van der Waals surface area contributed by atoms with E-state index in [2.05, 4.69) is 0 Å². The van der Waals surface area contributed by atoms with Crippen LogP contribution in [-0.4, -0.2) is 12.1 Å². The van der Waals surface area contributed by atoms with Crippen LogP contribution in [0.15, 0.2) is 0 Å². The molecule has 4 N–H and O–H groups in total. The number of hydrogen-bond acceptors (Lipinski definition) is 2. The molecule has 0 amide bonds. The molecule has 0 heterocycles. The normalized spacial score (nSPS) is 40.0. The zero-order chi connectivity index (χ0) is 10.7. The first kappa shape index (κ1) is 11.4. The predicted molar refractivity (Wildman–Crippen MR) is 64.5 cm³/mol. The molecule has 2 aliphatic carbocycles. The molecule has 2 atom stereocenters. The van der Waals surface area contributed by atoms with Crippen LogP contribution in [0.2, 0.25) is 0 Å². The highest BCUT2D eigenvalue weighted by molar-refractivity contribution is 4.83. The van der Waals surface area contributed by atoms with Gasteiger partial charge in [0.15, 0.2) is 0 Å². The van der Waals surface area contributed by atoms with Crippen molar-refractivity contribution in [3.63, 3.8) is 0 Å². The van der Waals surface area contributed by atoms with Crippen molar-refractivity contribution < 1.29 is 0 Å². The molecule has 2 unspecified atom stereocenters. The molecular weight excluding hydrogens is 184 g/mol. The molecule has 0 aromatic heterocycles. The molecule has 88 valence electrons. The maximum Gasteiger partial charge on any atom is 0.00415 e. The number of nitrogens with two attached hydrogens (primary N) is 2. The molecule has 15 heavy (non-hydrogen) atoms. The summed E-state index contributed by atoms with van der Waals surface area (Å²) in [5, 5.41) is 0. The fourth-order valence-corrected chi connectivity index (χ4v) is 3.57. The lowest BCUT2D eigenvalue weighted by atomic mass is 9.78. The third-order valence-electron chi connectivity index (χ3n) is 4.43. The molecule has 0 bridgehead atoms. The molecule has 2 heteroatoms. The van der Waals surface area contributed by atoms with Gasteiger partial charge in [-0.3, -0.25) is 0 Å². The van der Waals surface area contributed by atoms with Crippen LogP contribution in [-0.2, 0) is 0 Å². The van der Waals surface area contributed by atoms with Crippen LogP contribution in [0.4, 0.5) is 0 Å². The molecule has 2 aliphatic rings. The highest BCUT2D eigenvalue weighted by Crippen LogP contribution is 2.37. The average Bonchev–Trinajstić information content (AvgIpc) is 2.66. The Bertz CT molecular complexity index is 175. The highest BCUT2D eigenvalue weighted by atomic mass is 14.7. The van der Waals surface area contributed by atoms with E-state index < -0.39 is 0 Å². The Morgan fingerprint density at radius 2 is 1.13 bits per heavy atom. The minimum Gasteiger partial charge on any atom is -0.328 e. The van der Waals surface area contributed by atoms with Crippen molar-refractivity contribution in [3.05, 3.63) is 0 Å². The predicted octanol–water partition coefficient (Wildman–Crippen LogP) is 2.41. The Morgan fingerprint density at radius 3 is 1.67 bits per heavy atom.